The number of nitrogens with one attached hydrogen (secondary N) is 1. The van der Waals surface area contributed by atoms with Crippen LogP contribution in [-0.4, -0.2) is 46.9 Å². The van der Waals surface area contributed by atoms with Gasteiger partial charge in [-0.2, -0.15) is 0 Å². The van der Waals surface area contributed by atoms with E-state index in [0.717, 1.165) is 89.9 Å². The molecule has 0 saturated carbocycles. The number of aliphatic hydroxyl groups is 2. The van der Waals surface area contributed by atoms with Crippen molar-refractivity contribution in [1.29, 1.82) is 0 Å². The van der Waals surface area contributed by atoms with Gasteiger partial charge >= 0.3 is 5.97 Å². The molecule has 6 nitrogen and oxygen atoms in total. The quantitative estimate of drug-likeness (QED) is 0.0323. The van der Waals surface area contributed by atoms with Gasteiger partial charge in [0.05, 0.1) is 25.2 Å². The maximum Gasteiger partial charge on any atom is 0.306 e. The van der Waals surface area contributed by atoms with Crippen molar-refractivity contribution in [3.05, 3.63) is 60.8 Å². The van der Waals surface area contributed by atoms with E-state index in [-0.39, 0.29) is 24.9 Å². The highest BCUT2D eigenvalue weighted by Crippen LogP contribution is 2.17. The molecule has 0 aromatic carbocycles. The standard InChI is InChI=1S/C53H95NO5/c1-4-7-10-13-16-19-22-24-26-27-30-32-35-38-41-44-49(59-53(58)46-43-40-37-34-31-28-25-23-20-17-14-11-8-5-2)47-52(57)54-50(48-55)51(56)45-42-39-36-33-29-21-18-15-12-9-6-3/h8,11,16-17,19-20,24,26,30,32,49-51,55-56H,4-7,9-10,12-15,18,21-23,25,27-29,31,33-48H2,1-3H3,(H,54,57)/b11-8+,19-16-,20-17+,26-24-,32-30-. The molecule has 3 atom stereocenters. The van der Waals surface area contributed by atoms with Crippen LogP contribution in [0.3, 0.4) is 0 Å². The summed E-state index contributed by atoms with van der Waals surface area (Å²) in [7, 11) is 0. The summed E-state index contributed by atoms with van der Waals surface area (Å²) < 4.78 is 5.91. The van der Waals surface area contributed by atoms with Crippen molar-refractivity contribution >= 4 is 11.9 Å². The first-order valence-electron chi connectivity index (χ1n) is 25.0. The molecule has 0 aliphatic carbocycles. The first-order chi connectivity index (χ1) is 29.0. The van der Waals surface area contributed by atoms with Crippen LogP contribution in [0.25, 0.3) is 0 Å². The van der Waals surface area contributed by atoms with Crippen LogP contribution in [0, 0.1) is 0 Å². The van der Waals surface area contributed by atoms with Gasteiger partial charge in [0.25, 0.3) is 0 Å². The van der Waals surface area contributed by atoms with E-state index in [0.29, 0.717) is 19.3 Å². The summed E-state index contributed by atoms with van der Waals surface area (Å²) in [5.41, 5.74) is 0. The third kappa shape index (κ3) is 42.1. The molecule has 59 heavy (non-hydrogen) atoms. The smallest absolute Gasteiger partial charge is 0.306 e. The Bertz CT molecular complexity index is 1060. The van der Waals surface area contributed by atoms with Crippen LogP contribution in [0.2, 0.25) is 0 Å². The van der Waals surface area contributed by atoms with Crippen molar-refractivity contribution in [3.63, 3.8) is 0 Å². The Kier molecular flexibility index (Phi) is 44.7. The van der Waals surface area contributed by atoms with E-state index in [1.807, 2.05) is 0 Å². The number of ether oxygens (including phenoxy) is 1. The molecule has 0 aliphatic rings. The summed E-state index contributed by atoms with van der Waals surface area (Å²) >= 11 is 0. The van der Waals surface area contributed by atoms with Gasteiger partial charge in [0.2, 0.25) is 5.91 Å². The zero-order valence-electron chi connectivity index (χ0n) is 38.9. The van der Waals surface area contributed by atoms with Crippen LogP contribution in [0.1, 0.15) is 239 Å². The van der Waals surface area contributed by atoms with E-state index in [9.17, 15) is 19.8 Å². The number of carbonyl (C=O) groups excluding carboxylic acids is 2. The predicted octanol–water partition coefficient (Wildman–Crippen LogP) is 14.8. The normalized spacial score (nSPS) is 13.8. The molecule has 0 heterocycles. The molecule has 342 valence electrons. The molecule has 1 amide bonds. The minimum atomic E-state index is -0.799. The van der Waals surface area contributed by atoms with Gasteiger partial charge < -0.3 is 20.3 Å². The fourth-order valence-corrected chi connectivity index (χ4v) is 7.30. The van der Waals surface area contributed by atoms with E-state index < -0.39 is 18.2 Å². The fourth-order valence-electron chi connectivity index (χ4n) is 7.30. The van der Waals surface area contributed by atoms with E-state index in [1.54, 1.807) is 0 Å². The van der Waals surface area contributed by atoms with Crippen molar-refractivity contribution in [1.82, 2.24) is 5.32 Å². The molecule has 0 bridgehead atoms. The SMILES string of the molecule is CC/C=C/C/C=C/CCCCCCCCCC(=O)OC(CCCC/C=C\C/C=C\C/C=C\CCCCC)CC(=O)NC(CO)C(O)CCCCCCCCCCCCC. The lowest BCUT2D eigenvalue weighted by atomic mass is 10.0. The second-order valence-corrected chi connectivity index (χ2v) is 16.8. The third-order valence-corrected chi connectivity index (χ3v) is 11.1. The monoisotopic (exact) mass is 826 g/mol. The lowest BCUT2D eigenvalue weighted by Gasteiger charge is -2.24. The average molecular weight is 826 g/mol. The van der Waals surface area contributed by atoms with Crippen molar-refractivity contribution < 1.29 is 24.5 Å². The van der Waals surface area contributed by atoms with Crippen molar-refractivity contribution in [3.8, 4) is 0 Å². The summed E-state index contributed by atoms with van der Waals surface area (Å²) in [5, 5.41) is 23.7. The largest absolute Gasteiger partial charge is 0.462 e. The van der Waals surface area contributed by atoms with Gasteiger partial charge in [-0.05, 0) is 89.9 Å². The highest BCUT2D eigenvalue weighted by molar-refractivity contribution is 5.77. The van der Waals surface area contributed by atoms with Gasteiger partial charge in [-0.25, -0.2) is 0 Å². The number of hydrogen-bond acceptors (Lipinski definition) is 5. The lowest BCUT2D eigenvalue weighted by molar-refractivity contribution is -0.151. The Morgan fingerprint density at radius 3 is 1.44 bits per heavy atom. The van der Waals surface area contributed by atoms with E-state index in [4.69, 9.17) is 4.74 Å². The first-order valence-corrected chi connectivity index (χ1v) is 25.0. The number of rotatable bonds is 44. The van der Waals surface area contributed by atoms with Gasteiger partial charge in [-0.1, -0.05) is 197 Å². The molecule has 0 aromatic rings. The molecule has 0 aliphatic heterocycles. The summed E-state index contributed by atoms with van der Waals surface area (Å²) in [4.78, 5) is 26.1. The Morgan fingerprint density at radius 1 is 0.508 bits per heavy atom. The number of unbranched alkanes of at least 4 members (excludes halogenated alkanes) is 22. The zero-order chi connectivity index (χ0) is 43.1. The fraction of sp³-hybridized carbons (Fsp3) is 0.774. The molecule has 0 radical (unpaired) electrons. The molecule has 3 unspecified atom stereocenters. The van der Waals surface area contributed by atoms with E-state index in [2.05, 4.69) is 86.8 Å². The lowest BCUT2D eigenvalue weighted by Crippen LogP contribution is -2.46. The Labute approximate surface area is 365 Å². The molecular weight excluding hydrogens is 731 g/mol. The van der Waals surface area contributed by atoms with Gasteiger partial charge in [-0.15, -0.1) is 0 Å². The topological polar surface area (TPSA) is 95.9 Å². The maximum atomic E-state index is 13.2. The molecule has 0 aromatic heterocycles. The number of allylic oxidation sites excluding steroid dienone is 10. The van der Waals surface area contributed by atoms with Crippen molar-refractivity contribution in [2.45, 2.75) is 257 Å². The number of hydrogen-bond donors (Lipinski definition) is 3. The molecular formula is C53H95NO5. The number of aliphatic hydroxyl groups excluding tert-OH is 2. The number of esters is 1. The maximum absolute atomic E-state index is 13.2. The van der Waals surface area contributed by atoms with Crippen molar-refractivity contribution in [2.24, 2.45) is 0 Å². The minimum absolute atomic E-state index is 0.0473. The van der Waals surface area contributed by atoms with Gasteiger partial charge in [0.1, 0.15) is 6.10 Å². The van der Waals surface area contributed by atoms with Gasteiger partial charge in [0, 0.05) is 6.42 Å². The molecule has 0 fully saturated rings. The Balaban J connectivity index is 4.68. The highest BCUT2D eigenvalue weighted by Gasteiger charge is 2.24. The van der Waals surface area contributed by atoms with Crippen LogP contribution < -0.4 is 5.32 Å². The van der Waals surface area contributed by atoms with Crippen LogP contribution in [0.15, 0.2) is 60.8 Å². The third-order valence-electron chi connectivity index (χ3n) is 11.1. The molecule has 0 rings (SSSR count). The average Bonchev–Trinajstić information content (AvgIpc) is 3.23. The number of carbonyl (C=O) groups is 2. The van der Waals surface area contributed by atoms with E-state index >= 15 is 0 Å². The minimum Gasteiger partial charge on any atom is -0.462 e. The van der Waals surface area contributed by atoms with Crippen LogP contribution in [0.5, 0.6) is 0 Å². The van der Waals surface area contributed by atoms with Crippen molar-refractivity contribution in [2.75, 3.05) is 6.61 Å². The molecule has 0 spiro atoms. The van der Waals surface area contributed by atoms with Crippen LogP contribution in [-0.2, 0) is 14.3 Å². The second kappa shape index (κ2) is 46.6. The molecule has 3 N–H and O–H groups in total. The van der Waals surface area contributed by atoms with E-state index in [1.165, 1.54) is 103 Å². The Morgan fingerprint density at radius 2 is 0.915 bits per heavy atom. The summed E-state index contributed by atoms with van der Waals surface area (Å²) in [6, 6.07) is -0.715. The van der Waals surface area contributed by atoms with Crippen LogP contribution >= 0.6 is 0 Å². The zero-order valence-corrected chi connectivity index (χ0v) is 38.9. The Hall–Kier alpha value is -2.44. The second-order valence-electron chi connectivity index (χ2n) is 16.8. The number of amides is 1. The van der Waals surface area contributed by atoms with Crippen LogP contribution in [0.4, 0.5) is 0 Å². The molecule has 0 saturated heterocycles. The summed E-state index contributed by atoms with van der Waals surface area (Å²) in [6.07, 6.45) is 57.1. The van der Waals surface area contributed by atoms with Gasteiger partial charge in [0.15, 0.2) is 0 Å². The predicted molar refractivity (Wildman–Crippen MR) is 255 cm³/mol. The van der Waals surface area contributed by atoms with Gasteiger partial charge in [-0.3, -0.25) is 9.59 Å². The highest BCUT2D eigenvalue weighted by atomic mass is 16.5. The first kappa shape index (κ1) is 56.6. The summed E-state index contributed by atoms with van der Waals surface area (Å²) in [5.74, 6) is -0.521. The molecule has 6 heteroatoms. The summed E-state index contributed by atoms with van der Waals surface area (Å²) in [6.45, 7) is 6.33.